The van der Waals surface area contributed by atoms with Crippen LogP contribution in [0.25, 0.3) is 0 Å². The van der Waals surface area contributed by atoms with Crippen LogP contribution in [-0.4, -0.2) is 23.3 Å². The lowest BCUT2D eigenvalue weighted by Gasteiger charge is -2.04. The Morgan fingerprint density at radius 1 is 1.53 bits per heavy atom. The minimum Gasteiger partial charge on any atom is -0.446 e. The Labute approximate surface area is 89.3 Å². The number of hydrogen-bond donors (Lipinski definition) is 1. The van der Waals surface area contributed by atoms with Crippen LogP contribution < -0.4 is 0 Å². The van der Waals surface area contributed by atoms with Crippen molar-refractivity contribution in [3.63, 3.8) is 0 Å². The third-order valence-corrected chi connectivity index (χ3v) is 2.66. The maximum atomic E-state index is 8.72. The summed E-state index contributed by atoms with van der Waals surface area (Å²) in [5.74, 6) is 1.57. The molecular weight excluding hydrogens is 194 g/mol. The number of rotatable bonds is 4. The molecule has 4 heteroatoms. The molecule has 0 bridgehead atoms. The molecule has 0 aliphatic carbocycles. The number of nitrogens with zero attached hydrogens (tertiary/aromatic N) is 1. The zero-order chi connectivity index (χ0) is 10.7. The summed E-state index contributed by atoms with van der Waals surface area (Å²) in [5, 5.41) is 8.72. The Hall–Kier alpha value is -0.870. The first-order chi connectivity index (χ1) is 7.31. The molecule has 1 saturated heterocycles. The van der Waals surface area contributed by atoms with Gasteiger partial charge in [-0.1, -0.05) is 0 Å². The van der Waals surface area contributed by atoms with E-state index in [1.807, 2.05) is 6.92 Å². The van der Waals surface area contributed by atoms with Crippen molar-refractivity contribution in [2.75, 3.05) is 13.2 Å². The van der Waals surface area contributed by atoms with E-state index in [4.69, 9.17) is 14.3 Å². The number of ether oxygens (including phenoxy) is 1. The molecule has 0 spiro atoms. The van der Waals surface area contributed by atoms with Gasteiger partial charge < -0.3 is 14.3 Å². The van der Waals surface area contributed by atoms with Gasteiger partial charge in [0.05, 0.1) is 0 Å². The SMILES string of the molecule is Cc1oc(CCCO)nc1C1CCCO1. The quantitative estimate of drug-likeness (QED) is 0.824. The smallest absolute Gasteiger partial charge is 0.194 e. The fourth-order valence-corrected chi connectivity index (χ4v) is 1.89. The third kappa shape index (κ3) is 2.38. The lowest BCUT2D eigenvalue weighted by Crippen LogP contribution is -1.98. The first-order valence-electron chi connectivity index (χ1n) is 5.50. The van der Waals surface area contributed by atoms with Gasteiger partial charge in [-0.25, -0.2) is 4.98 Å². The first kappa shape index (κ1) is 10.6. The number of aliphatic hydroxyl groups excluding tert-OH is 1. The predicted molar refractivity (Wildman–Crippen MR) is 54.6 cm³/mol. The monoisotopic (exact) mass is 211 g/mol. The molecular formula is C11H17NO3. The van der Waals surface area contributed by atoms with Gasteiger partial charge in [-0.15, -0.1) is 0 Å². The summed E-state index contributed by atoms with van der Waals surface area (Å²) >= 11 is 0. The zero-order valence-electron chi connectivity index (χ0n) is 9.03. The number of hydrogen-bond acceptors (Lipinski definition) is 4. The first-order valence-corrected chi connectivity index (χ1v) is 5.50. The van der Waals surface area contributed by atoms with E-state index in [1.54, 1.807) is 0 Å². The van der Waals surface area contributed by atoms with E-state index in [1.165, 1.54) is 0 Å². The van der Waals surface area contributed by atoms with Crippen molar-refractivity contribution in [2.45, 2.75) is 38.7 Å². The van der Waals surface area contributed by atoms with Crippen LogP contribution >= 0.6 is 0 Å². The van der Waals surface area contributed by atoms with Crippen molar-refractivity contribution in [3.8, 4) is 0 Å². The Bertz CT molecular complexity index is 316. The average molecular weight is 211 g/mol. The lowest BCUT2D eigenvalue weighted by molar-refractivity contribution is 0.108. The molecule has 0 radical (unpaired) electrons. The highest BCUT2D eigenvalue weighted by atomic mass is 16.5. The minimum absolute atomic E-state index is 0.122. The molecule has 1 aromatic heterocycles. The largest absolute Gasteiger partial charge is 0.446 e. The van der Waals surface area contributed by atoms with E-state index >= 15 is 0 Å². The second kappa shape index (κ2) is 4.77. The van der Waals surface area contributed by atoms with Crippen LogP contribution in [0.2, 0.25) is 0 Å². The Morgan fingerprint density at radius 2 is 2.40 bits per heavy atom. The standard InChI is InChI=1S/C11H17NO3/c1-8-11(9-4-3-7-14-9)12-10(15-8)5-2-6-13/h9,13H,2-7H2,1H3. The van der Waals surface area contributed by atoms with Crippen molar-refractivity contribution < 1.29 is 14.3 Å². The molecule has 84 valence electrons. The van der Waals surface area contributed by atoms with E-state index in [9.17, 15) is 0 Å². The summed E-state index contributed by atoms with van der Waals surface area (Å²) in [6, 6.07) is 0. The van der Waals surface area contributed by atoms with Crippen LogP contribution in [0.4, 0.5) is 0 Å². The number of oxazole rings is 1. The third-order valence-electron chi connectivity index (χ3n) is 2.66. The molecule has 0 saturated carbocycles. The fourth-order valence-electron chi connectivity index (χ4n) is 1.89. The fraction of sp³-hybridized carbons (Fsp3) is 0.727. The average Bonchev–Trinajstić information content (AvgIpc) is 2.83. The Balaban J connectivity index is 2.06. The lowest BCUT2D eigenvalue weighted by atomic mass is 10.1. The summed E-state index contributed by atoms with van der Waals surface area (Å²) in [5.41, 5.74) is 0.945. The van der Waals surface area contributed by atoms with Crippen LogP contribution in [0.1, 0.15) is 42.7 Å². The van der Waals surface area contributed by atoms with Gasteiger partial charge in [-0.2, -0.15) is 0 Å². The van der Waals surface area contributed by atoms with Gasteiger partial charge >= 0.3 is 0 Å². The van der Waals surface area contributed by atoms with Crippen molar-refractivity contribution in [1.82, 2.24) is 4.98 Å². The molecule has 1 unspecified atom stereocenters. The van der Waals surface area contributed by atoms with Crippen LogP contribution in [0.3, 0.4) is 0 Å². The molecule has 1 N–H and O–H groups in total. The van der Waals surface area contributed by atoms with Gasteiger partial charge in [0.15, 0.2) is 5.89 Å². The number of aromatic nitrogens is 1. The van der Waals surface area contributed by atoms with Gasteiger partial charge in [-0.3, -0.25) is 0 Å². The molecule has 0 amide bonds. The molecule has 15 heavy (non-hydrogen) atoms. The molecule has 1 aromatic rings. The van der Waals surface area contributed by atoms with Crippen molar-refractivity contribution in [3.05, 3.63) is 17.3 Å². The molecule has 1 aliphatic rings. The molecule has 2 heterocycles. The normalized spacial score (nSPS) is 21.1. The number of aliphatic hydroxyl groups is 1. The van der Waals surface area contributed by atoms with Crippen LogP contribution in [0.5, 0.6) is 0 Å². The highest BCUT2D eigenvalue weighted by Gasteiger charge is 2.23. The van der Waals surface area contributed by atoms with Crippen LogP contribution in [0.15, 0.2) is 4.42 Å². The highest BCUT2D eigenvalue weighted by Crippen LogP contribution is 2.30. The molecule has 1 fully saturated rings. The molecule has 4 nitrogen and oxygen atoms in total. The van der Waals surface area contributed by atoms with Crippen LogP contribution in [0, 0.1) is 6.92 Å². The maximum Gasteiger partial charge on any atom is 0.194 e. The summed E-state index contributed by atoms with van der Waals surface area (Å²) in [6.07, 6.45) is 3.65. The van der Waals surface area contributed by atoms with Gasteiger partial charge in [0.2, 0.25) is 0 Å². The van der Waals surface area contributed by atoms with Gasteiger partial charge in [-0.05, 0) is 26.2 Å². The van der Waals surface area contributed by atoms with E-state index < -0.39 is 0 Å². The summed E-state index contributed by atoms with van der Waals surface area (Å²) in [7, 11) is 0. The van der Waals surface area contributed by atoms with E-state index in [2.05, 4.69) is 4.98 Å². The molecule has 0 aromatic carbocycles. The summed E-state index contributed by atoms with van der Waals surface area (Å²) in [4.78, 5) is 4.43. The van der Waals surface area contributed by atoms with Gasteiger partial charge in [0, 0.05) is 19.6 Å². The van der Waals surface area contributed by atoms with E-state index in [0.29, 0.717) is 18.7 Å². The maximum absolute atomic E-state index is 8.72. The second-order valence-electron chi connectivity index (χ2n) is 3.88. The Kier molecular flexibility index (Phi) is 3.38. The van der Waals surface area contributed by atoms with Crippen molar-refractivity contribution in [1.29, 1.82) is 0 Å². The second-order valence-corrected chi connectivity index (χ2v) is 3.88. The van der Waals surface area contributed by atoms with E-state index in [0.717, 1.165) is 30.9 Å². The van der Waals surface area contributed by atoms with E-state index in [-0.39, 0.29) is 12.7 Å². The summed E-state index contributed by atoms with van der Waals surface area (Å²) < 4.78 is 11.1. The Morgan fingerprint density at radius 3 is 3.07 bits per heavy atom. The summed E-state index contributed by atoms with van der Waals surface area (Å²) in [6.45, 7) is 2.92. The van der Waals surface area contributed by atoms with Crippen LogP contribution in [-0.2, 0) is 11.2 Å². The van der Waals surface area contributed by atoms with Gasteiger partial charge in [0.25, 0.3) is 0 Å². The van der Waals surface area contributed by atoms with Crippen molar-refractivity contribution in [2.24, 2.45) is 0 Å². The minimum atomic E-state index is 0.122. The zero-order valence-corrected chi connectivity index (χ0v) is 9.03. The number of aryl methyl sites for hydroxylation is 2. The molecule has 2 rings (SSSR count). The topological polar surface area (TPSA) is 55.5 Å². The molecule has 1 atom stereocenters. The highest BCUT2D eigenvalue weighted by molar-refractivity contribution is 5.12. The predicted octanol–water partition coefficient (Wildman–Crippen LogP) is 1.76. The van der Waals surface area contributed by atoms with Crippen molar-refractivity contribution >= 4 is 0 Å². The molecule has 1 aliphatic heterocycles. The van der Waals surface area contributed by atoms with Gasteiger partial charge in [0.1, 0.15) is 17.6 Å².